The lowest BCUT2D eigenvalue weighted by Gasteiger charge is -2.25. The number of hydrogen-bond acceptors (Lipinski definition) is 5. The van der Waals surface area contributed by atoms with E-state index in [2.05, 4.69) is 20.9 Å². The van der Waals surface area contributed by atoms with Crippen LogP contribution in [0.2, 0.25) is 9.36 Å². The molecule has 5 nitrogen and oxygen atoms in total. The van der Waals surface area contributed by atoms with E-state index in [1.807, 2.05) is 0 Å². The summed E-state index contributed by atoms with van der Waals surface area (Å²) in [6.07, 6.45) is -4.78. The van der Waals surface area contributed by atoms with E-state index in [0.717, 1.165) is 31.2 Å². The molecular formula is C20H20Cl2F3N3O2S. The molecule has 0 spiro atoms. The highest BCUT2D eigenvalue weighted by Gasteiger charge is 2.55. The Hall–Kier alpha value is -1.55. The number of rotatable bonds is 7. The number of hydrogen-bond donors (Lipinski definition) is 0. The zero-order valence-corrected chi connectivity index (χ0v) is 18.9. The monoisotopic (exact) mass is 493 g/mol. The Balaban J connectivity index is 1.52. The van der Waals surface area contributed by atoms with Gasteiger partial charge in [0.25, 0.3) is 5.91 Å². The lowest BCUT2D eigenvalue weighted by atomic mass is 10.1. The van der Waals surface area contributed by atoms with Crippen LogP contribution in [0.3, 0.4) is 0 Å². The zero-order chi connectivity index (χ0) is 22.3. The van der Waals surface area contributed by atoms with E-state index in [1.54, 1.807) is 11.0 Å². The second kappa shape index (κ2) is 8.77. The molecule has 168 valence electrons. The molecule has 0 bridgehead atoms. The number of benzene rings is 1. The van der Waals surface area contributed by atoms with E-state index < -0.39 is 6.36 Å². The smallest absolute Gasteiger partial charge is 0.406 e. The number of carbonyl (C=O) groups is 1. The average molecular weight is 494 g/mol. The van der Waals surface area contributed by atoms with Gasteiger partial charge < -0.3 is 14.5 Å². The van der Waals surface area contributed by atoms with Crippen LogP contribution in [-0.2, 0) is 6.54 Å². The normalized spacial score (nSPS) is 23.0. The summed E-state index contributed by atoms with van der Waals surface area (Å²) >= 11 is 13.1. The van der Waals surface area contributed by atoms with Crippen molar-refractivity contribution in [3.8, 4) is 5.75 Å². The molecule has 1 saturated carbocycles. The summed E-state index contributed by atoms with van der Waals surface area (Å²) in [5, 5.41) is 0.101. The van der Waals surface area contributed by atoms with E-state index >= 15 is 0 Å². The second-order valence-corrected chi connectivity index (χ2v) is 9.60. The summed E-state index contributed by atoms with van der Waals surface area (Å²) < 4.78 is 46.1. The summed E-state index contributed by atoms with van der Waals surface area (Å²) in [6.45, 7) is 5.74. The average Bonchev–Trinajstić information content (AvgIpc) is 3.01. The molecule has 2 aliphatic rings. The van der Waals surface area contributed by atoms with Crippen LogP contribution < -0.4 is 4.74 Å². The summed E-state index contributed by atoms with van der Waals surface area (Å²) in [4.78, 5) is 17.2. The van der Waals surface area contributed by atoms with Gasteiger partial charge in [0.2, 0.25) is 0 Å². The van der Waals surface area contributed by atoms with Gasteiger partial charge in [0, 0.05) is 26.2 Å². The number of carbonyl (C=O) groups excluding carboxylic acids is 1. The number of aromatic nitrogens is 1. The second-order valence-electron chi connectivity index (χ2n) is 7.84. The van der Waals surface area contributed by atoms with Crippen LogP contribution in [0.5, 0.6) is 5.75 Å². The Morgan fingerprint density at radius 2 is 2.03 bits per heavy atom. The van der Waals surface area contributed by atoms with Crippen molar-refractivity contribution >= 4 is 40.6 Å². The van der Waals surface area contributed by atoms with Crippen LogP contribution in [0.15, 0.2) is 24.3 Å². The maximum Gasteiger partial charge on any atom is 0.573 e. The van der Waals surface area contributed by atoms with Gasteiger partial charge >= 0.3 is 6.36 Å². The van der Waals surface area contributed by atoms with E-state index in [1.165, 1.54) is 18.2 Å². The minimum absolute atomic E-state index is 0.0698. The highest BCUT2D eigenvalue weighted by Crippen LogP contribution is 2.52. The van der Waals surface area contributed by atoms with E-state index in [4.69, 9.17) is 23.2 Å². The standard InChI is InChI=1S/C20H20Cl2F3N3O2S/c1-2-27-8-13-14(9-27)15(13)10-28(19(29)17-16(21)18(22)31-26-17)7-11-4-3-5-12(6-11)30-20(23,24)25/h3-6,13-15H,2,7-10H2,1H3. The number of nitrogens with zero attached hydrogens (tertiary/aromatic N) is 3. The fraction of sp³-hybridized carbons (Fsp3) is 0.500. The van der Waals surface area contributed by atoms with Gasteiger partial charge in [0.05, 0.1) is 0 Å². The maximum absolute atomic E-state index is 13.2. The van der Waals surface area contributed by atoms with Crippen molar-refractivity contribution in [1.82, 2.24) is 14.2 Å². The number of alkyl halides is 3. The highest BCUT2D eigenvalue weighted by atomic mass is 35.5. The molecule has 0 radical (unpaired) electrons. The maximum atomic E-state index is 13.2. The van der Waals surface area contributed by atoms with Crippen molar-refractivity contribution in [3.05, 3.63) is 44.9 Å². The number of ether oxygens (including phenoxy) is 1. The third-order valence-corrected chi connectivity index (χ3v) is 7.53. The Morgan fingerprint density at radius 1 is 1.32 bits per heavy atom. The Bertz CT molecular complexity index is 959. The van der Waals surface area contributed by atoms with Crippen molar-refractivity contribution in [1.29, 1.82) is 0 Å². The molecule has 1 aromatic carbocycles. The minimum atomic E-state index is -4.78. The van der Waals surface area contributed by atoms with Crippen LogP contribution >= 0.6 is 34.7 Å². The molecule has 2 heterocycles. The minimum Gasteiger partial charge on any atom is -0.406 e. The largest absolute Gasteiger partial charge is 0.573 e. The number of fused-ring (bicyclic) bond motifs is 1. The van der Waals surface area contributed by atoms with Crippen LogP contribution in [-0.4, -0.2) is 52.6 Å². The topological polar surface area (TPSA) is 45.7 Å². The van der Waals surface area contributed by atoms with Crippen molar-refractivity contribution in [2.45, 2.75) is 19.8 Å². The SMILES string of the molecule is CCN1CC2C(C1)C2CN(Cc1cccc(OC(F)(F)F)c1)C(=O)c1nsc(Cl)c1Cl. The van der Waals surface area contributed by atoms with Crippen LogP contribution in [0.4, 0.5) is 13.2 Å². The fourth-order valence-electron chi connectivity index (χ4n) is 4.34. The first-order chi connectivity index (χ1) is 14.7. The molecule has 11 heteroatoms. The van der Waals surface area contributed by atoms with Crippen LogP contribution in [0, 0.1) is 17.8 Å². The van der Waals surface area contributed by atoms with E-state index in [-0.39, 0.29) is 33.3 Å². The summed E-state index contributed by atoms with van der Waals surface area (Å²) in [6, 6.07) is 5.64. The van der Waals surface area contributed by atoms with Gasteiger partial charge in [-0.3, -0.25) is 4.79 Å². The third kappa shape index (κ3) is 5.10. The molecule has 2 unspecified atom stereocenters. The first-order valence-corrected chi connectivity index (χ1v) is 11.4. The molecule has 4 rings (SSSR count). The van der Waals surface area contributed by atoms with Gasteiger partial charge in [-0.25, -0.2) is 0 Å². The lowest BCUT2D eigenvalue weighted by molar-refractivity contribution is -0.274. The summed E-state index contributed by atoms with van der Waals surface area (Å²) in [5.74, 6) is 0.713. The Morgan fingerprint density at radius 3 is 2.61 bits per heavy atom. The first-order valence-electron chi connectivity index (χ1n) is 9.83. The first kappa shape index (κ1) is 22.6. The molecular weight excluding hydrogens is 474 g/mol. The summed E-state index contributed by atoms with van der Waals surface area (Å²) in [5.41, 5.74) is 0.592. The van der Waals surface area contributed by atoms with Gasteiger partial charge in [-0.15, -0.1) is 13.2 Å². The van der Waals surface area contributed by atoms with Gasteiger partial charge in [0.15, 0.2) is 5.69 Å². The predicted molar refractivity (Wildman–Crippen MR) is 113 cm³/mol. The third-order valence-electron chi connectivity index (χ3n) is 5.92. The Labute approximate surface area is 191 Å². The van der Waals surface area contributed by atoms with Crippen molar-refractivity contribution in [2.24, 2.45) is 17.8 Å². The van der Waals surface area contributed by atoms with Gasteiger partial charge in [0.1, 0.15) is 15.1 Å². The molecule has 1 saturated heterocycles. The van der Waals surface area contributed by atoms with Crippen molar-refractivity contribution < 1.29 is 22.7 Å². The van der Waals surface area contributed by atoms with Gasteiger partial charge in [-0.1, -0.05) is 42.3 Å². The molecule has 31 heavy (non-hydrogen) atoms. The zero-order valence-electron chi connectivity index (χ0n) is 16.5. The lowest BCUT2D eigenvalue weighted by Crippen LogP contribution is -2.35. The number of halogens is 5. The van der Waals surface area contributed by atoms with E-state index in [0.29, 0.717) is 29.9 Å². The van der Waals surface area contributed by atoms with Gasteiger partial charge in [-0.05, 0) is 53.5 Å². The molecule has 2 fully saturated rings. The number of piperidine rings is 1. The van der Waals surface area contributed by atoms with Crippen molar-refractivity contribution in [3.63, 3.8) is 0 Å². The van der Waals surface area contributed by atoms with Crippen LogP contribution in [0.1, 0.15) is 23.0 Å². The number of likely N-dealkylation sites (tertiary alicyclic amines) is 1. The number of amides is 1. The fourth-order valence-corrected chi connectivity index (χ4v) is 5.33. The highest BCUT2D eigenvalue weighted by molar-refractivity contribution is 7.11. The van der Waals surface area contributed by atoms with Crippen molar-refractivity contribution in [2.75, 3.05) is 26.2 Å². The molecule has 1 aliphatic heterocycles. The molecule has 2 aromatic rings. The summed E-state index contributed by atoms with van der Waals surface area (Å²) in [7, 11) is 0. The molecule has 0 N–H and O–H groups in total. The molecule has 1 amide bonds. The van der Waals surface area contributed by atoms with E-state index in [9.17, 15) is 18.0 Å². The predicted octanol–water partition coefficient (Wildman–Crippen LogP) is 5.19. The van der Waals surface area contributed by atoms with Gasteiger partial charge in [-0.2, -0.15) is 4.37 Å². The van der Waals surface area contributed by atoms with Crippen LogP contribution in [0.25, 0.3) is 0 Å². The Kier molecular flexibility index (Phi) is 6.40. The molecule has 2 atom stereocenters. The quantitative estimate of drug-likeness (QED) is 0.532. The molecule has 1 aliphatic carbocycles. The molecule has 1 aromatic heterocycles.